The number of pyridine rings is 1. The zero-order valence-electron chi connectivity index (χ0n) is 13.6. The molecule has 0 aliphatic heterocycles. The van der Waals surface area contributed by atoms with Crippen molar-refractivity contribution in [3.8, 4) is 0 Å². The molecule has 0 aliphatic rings. The Labute approximate surface area is 128 Å². The molecule has 5 nitrogen and oxygen atoms in total. The van der Waals surface area contributed by atoms with Crippen molar-refractivity contribution in [3.63, 3.8) is 0 Å². The summed E-state index contributed by atoms with van der Waals surface area (Å²) in [6.07, 6.45) is 3.86. The van der Waals surface area contributed by atoms with E-state index in [1.165, 1.54) is 0 Å². The Bertz CT molecular complexity index is 387. The second kappa shape index (κ2) is 11.1. The van der Waals surface area contributed by atoms with Gasteiger partial charge in [0.15, 0.2) is 5.96 Å². The average Bonchev–Trinajstić information content (AvgIpc) is 2.54. The lowest BCUT2D eigenvalue weighted by atomic mass is 10.3. The van der Waals surface area contributed by atoms with Gasteiger partial charge in [0.05, 0.1) is 0 Å². The van der Waals surface area contributed by atoms with E-state index in [1.807, 2.05) is 24.4 Å². The van der Waals surface area contributed by atoms with Gasteiger partial charge in [0.25, 0.3) is 0 Å². The molecule has 0 aliphatic carbocycles. The van der Waals surface area contributed by atoms with Crippen molar-refractivity contribution in [3.05, 3.63) is 30.1 Å². The second-order valence-electron chi connectivity index (χ2n) is 4.88. The Morgan fingerprint density at radius 2 is 1.95 bits per heavy atom. The molecule has 118 valence electrons. The molecule has 2 N–H and O–H groups in total. The minimum absolute atomic E-state index is 0.840. The Balaban J connectivity index is 2.15. The van der Waals surface area contributed by atoms with Gasteiger partial charge in [-0.25, -0.2) is 0 Å². The highest BCUT2D eigenvalue weighted by Crippen LogP contribution is 1.93. The molecule has 0 bridgehead atoms. The highest BCUT2D eigenvalue weighted by atomic mass is 15.2. The first-order valence-electron chi connectivity index (χ1n) is 7.86. The quantitative estimate of drug-likeness (QED) is 0.411. The van der Waals surface area contributed by atoms with Crippen LogP contribution >= 0.6 is 0 Å². The maximum atomic E-state index is 4.31. The molecule has 1 aromatic heterocycles. The molecular weight excluding hydrogens is 262 g/mol. The second-order valence-corrected chi connectivity index (χ2v) is 4.88. The summed E-state index contributed by atoms with van der Waals surface area (Å²) in [4.78, 5) is 11.0. The predicted molar refractivity (Wildman–Crippen MR) is 89.7 cm³/mol. The Morgan fingerprint density at radius 1 is 1.19 bits per heavy atom. The summed E-state index contributed by atoms with van der Waals surface area (Å²) >= 11 is 0. The van der Waals surface area contributed by atoms with Crippen LogP contribution in [0.15, 0.2) is 29.4 Å². The van der Waals surface area contributed by atoms with Crippen LogP contribution in [-0.2, 0) is 6.42 Å². The van der Waals surface area contributed by atoms with E-state index in [1.54, 1.807) is 7.05 Å². The molecule has 0 spiro atoms. The van der Waals surface area contributed by atoms with Crippen molar-refractivity contribution in [2.24, 2.45) is 4.99 Å². The fourth-order valence-corrected chi connectivity index (χ4v) is 2.12. The third kappa shape index (κ3) is 7.66. The van der Waals surface area contributed by atoms with Gasteiger partial charge in [0.1, 0.15) is 0 Å². The maximum Gasteiger partial charge on any atom is 0.190 e. The molecule has 0 saturated heterocycles. The fourth-order valence-electron chi connectivity index (χ4n) is 2.12. The number of aromatic nitrogens is 1. The molecule has 0 saturated carbocycles. The third-order valence-electron chi connectivity index (χ3n) is 3.46. The first-order valence-corrected chi connectivity index (χ1v) is 7.86. The number of hydrogen-bond donors (Lipinski definition) is 2. The first kappa shape index (κ1) is 17.4. The molecule has 0 fully saturated rings. The molecule has 1 rings (SSSR count). The molecule has 0 amide bonds. The van der Waals surface area contributed by atoms with Crippen molar-refractivity contribution in [1.82, 2.24) is 20.5 Å². The van der Waals surface area contributed by atoms with Crippen LogP contribution in [0.1, 0.15) is 26.0 Å². The van der Waals surface area contributed by atoms with Gasteiger partial charge in [-0.2, -0.15) is 0 Å². The monoisotopic (exact) mass is 291 g/mol. The SMILES string of the molecule is CCN(CC)CCCNC(=NC)NCCc1ccccn1. The summed E-state index contributed by atoms with van der Waals surface area (Å²) in [6, 6.07) is 6.00. The Kier molecular flexibility index (Phi) is 9.20. The number of guanidine groups is 1. The van der Waals surface area contributed by atoms with E-state index in [0.29, 0.717) is 0 Å². The number of aliphatic imine (C=N–C) groups is 1. The predicted octanol–water partition coefficient (Wildman–Crippen LogP) is 1.52. The van der Waals surface area contributed by atoms with Crippen LogP contribution in [0.25, 0.3) is 0 Å². The number of hydrogen-bond acceptors (Lipinski definition) is 3. The van der Waals surface area contributed by atoms with E-state index >= 15 is 0 Å². The van der Waals surface area contributed by atoms with E-state index in [2.05, 4.69) is 39.4 Å². The van der Waals surface area contributed by atoms with E-state index in [4.69, 9.17) is 0 Å². The average molecular weight is 291 g/mol. The molecule has 0 unspecified atom stereocenters. The van der Waals surface area contributed by atoms with Crippen LogP contribution in [0.3, 0.4) is 0 Å². The normalized spacial score (nSPS) is 11.7. The molecule has 1 heterocycles. The first-order chi connectivity index (χ1) is 10.3. The third-order valence-corrected chi connectivity index (χ3v) is 3.46. The lowest BCUT2D eigenvalue weighted by Gasteiger charge is -2.18. The van der Waals surface area contributed by atoms with E-state index < -0.39 is 0 Å². The molecule has 5 heteroatoms. The lowest BCUT2D eigenvalue weighted by molar-refractivity contribution is 0.300. The van der Waals surface area contributed by atoms with Gasteiger partial charge in [-0.1, -0.05) is 19.9 Å². The van der Waals surface area contributed by atoms with Gasteiger partial charge in [0.2, 0.25) is 0 Å². The van der Waals surface area contributed by atoms with Crippen LogP contribution in [-0.4, -0.2) is 55.6 Å². The molecule has 0 radical (unpaired) electrons. The zero-order valence-corrected chi connectivity index (χ0v) is 13.6. The summed E-state index contributed by atoms with van der Waals surface area (Å²) in [6.45, 7) is 9.56. The van der Waals surface area contributed by atoms with Crippen LogP contribution in [0, 0.1) is 0 Å². The maximum absolute atomic E-state index is 4.31. The van der Waals surface area contributed by atoms with Gasteiger partial charge >= 0.3 is 0 Å². The Hall–Kier alpha value is -1.62. The van der Waals surface area contributed by atoms with Crippen molar-refractivity contribution < 1.29 is 0 Å². The number of rotatable bonds is 9. The summed E-state index contributed by atoms with van der Waals surface area (Å²) in [5.41, 5.74) is 1.10. The van der Waals surface area contributed by atoms with Gasteiger partial charge in [-0.15, -0.1) is 0 Å². The highest BCUT2D eigenvalue weighted by Gasteiger charge is 2.00. The van der Waals surface area contributed by atoms with Crippen LogP contribution in [0.4, 0.5) is 0 Å². The van der Waals surface area contributed by atoms with Crippen molar-refractivity contribution in [2.75, 3.05) is 39.8 Å². The Morgan fingerprint density at radius 3 is 2.57 bits per heavy atom. The standard InChI is InChI=1S/C16H29N5/c1-4-21(5-2)14-8-12-19-16(17-3)20-13-10-15-9-6-7-11-18-15/h6-7,9,11H,4-5,8,10,12-14H2,1-3H3,(H2,17,19,20). The molecule has 21 heavy (non-hydrogen) atoms. The van der Waals surface area contributed by atoms with Crippen LogP contribution in [0.5, 0.6) is 0 Å². The highest BCUT2D eigenvalue weighted by molar-refractivity contribution is 5.79. The van der Waals surface area contributed by atoms with Gasteiger partial charge in [-0.3, -0.25) is 9.98 Å². The number of nitrogens with zero attached hydrogens (tertiary/aromatic N) is 3. The summed E-state index contributed by atoms with van der Waals surface area (Å²) in [5.74, 6) is 0.866. The summed E-state index contributed by atoms with van der Waals surface area (Å²) < 4.78 is 0. The van der Waals surface area contributed by atoms with Crippen LogP contribution < -0.4 is 10.6 Å². The van der Waals surface area contributed by atoms with Gasteiger partial charge in [0, 0.05) is 38.4 Å². The topological polar surface area (TPSA) is 52.5 Å². The van der Waals surface area contributed by atoms with Crippen LogP contribution in [0.2, 0.25) is 0 Å². The fraction of sp³-hybridized carbons (Fsp3) is 0.625. The van der Waals surface area contributed by atoms with E-state index in [-0.39, 0.29) is 0 Å². The smallest absolute Gasteiger partial charge is 0.190 e. The van der Waals surface area contributed by atoms with E-state index in [0.717, 1.165) is 57.2 Å². The van der Waals surface area contributed by atoms with Gasteiger partial charge in [-0.05, 0) is 38.2 Å². The molecule has 0 atom stereocenters. The molecular formula is C16H29N5. The minimum Gasteiger partial charge on any atom is -0.356 e. The minimum atomic E-state index is 0.840. The molecule has 0 aromatic carbocycles. The lowest BCUT2D eigenvalue weighted by Crippen LogP contribution is -2.39. The van der Waals surface area contributed by atoms with Crippen molar-refractivity contribution in [1.29, 1.82) is 0 Å². The van der Waals surface area contributed by atoms with Crippen molar-refractivity contribution >= 4 is 5.96 Å². The van der Waals surface area contributed by atoms with Gasteiger partial charge < -0.3 is 15.5 Å². The molecule has 1 aromatic rings. The summed E-state index contributed by atoms with van der Waals surface area (Å²) in [5, 5.41) is 6.67. The zero-order chi connectivity index (χ0) is 15.3. The van der Waals surface area contributed by atoms with Crippen molar-refractivity contribution in [2.45, 2.75) is 26.7 Å². The number of nitrogens with one attached hydrogen (secondary N) is 2. The largest absolute Gasteiger partial charge is 0.356 e. The summed E-state index contributed by atoms with van der Waals surface area (Å²) in [7, 11) is 1.81. The van der Waals surface area contributed by atoms with E-state index in [9.17, 15) is 0 Å².